The Morgan fingerprint density at radius 2 is 1.90 bits per heavy atom. The van der Waals surface area contributed by atoms with E-state index in [0.717, 1.165) is 0 Å². The SMILES string of the molecule is COc1ccc2c(c1)C(=NO)C(=O)N2c1ccc(F)cc1. The molecule has 0 aliphatic carbocycles. The lowest BCUT2D eigenvalue weighted by atomic mass is 10.1. The first kappa shape index (κ1) is 13.1. The maximum Gasteiger partial charge on any atom is 0.285 e. The molecular weight excluding hydrogens is 275 g/mol. The zero-order valence-corrected chi connectivity index (χ0v) is 11.1. The molecule has 0 atom stereocenters. The van der Waals surface area contributed by atoms with Crippen molar-refractivity contribution < 1.29 is 19.1 Å². The highest BCUT2D eigenvalue weighted by Gasteiger charge is 2.36. The van der Waals surface area contributed by atoms with Crippen molar-refractivity contribution in [3.63, 3.8) is 0 Å². The van der Waals surface area contributed by atoms with E-state index in [4.69, 9.17) is 9.94 Å². The Morgan fingerprint density at radius 3 is 2.52 bits per heavy atom. The molecule has 0 unspecified atom stereocenters. The van der Waals surface area contributed by atoms with E-state index in [2.05, 4.69) is 5.16 Å². The van der Waals surface area contributed by atoms with Crippen molar-refractivity contribution in [1.29, 1.82) is 0 Å². The lowest BCUT2D eigenvalue weighted by Crippen LogP contribution is -2.25. The number of ether oxygens (including phenoxy) is 1. The zero-order valence-electron chi connectivity index (χ0n) is 11.1. The molecule has 0 saturated heterocycles. The smallest absolute Gasteiger partial charge is 0.285 e. The molecule has 2 aromatic carbocycles. The summed E-state index contributed by atoms with van der Waals surface area (Å²) in [5.41, 5.74) is 1.44. The van der Waals surface area contributed by atoms with Crippen LogP contribution in [0.1, 0.15) is 5.56 Å². The average molecular weight is 286 g/mol. The van der Waals surface area contributed by atoms with E-state index in [-0.39, 0.29) is 5.71 Å². The third-order valence-corrected chi connectivity index (χ3v) is 3.29. The van der Waals surface area contributed by atoms with Crippen LogP contribution in [0.25, 0.3) is 0 Å². The number of anilines is 2. The molecule has 0 spiro atoms. The number of methoxy groups -OCH3 is 1. The van der Waals surface area contributed by atoms with Crippen molar-refractivity contribution in [2.24, 2.45) is 5.16 Å². The third-order valence-electron chi connectivity index (χ3n) is 3.29. The van der Waals surface area contributed by atoms with Crippen molar-refractivity contribution in [2.75, 3.05) is 12.0 Å². The quantitative estimate of drug-likeness (QED) is 0.682. The summed E-state index contributed by atoms with van der Waals surface area (Å²) >= 11 is 0. The van der Waals surface area contributed by atoms with Gasteiger partial charge in [0, 0.05) is 11.3 Å². The van der Waals surface area contributed by atoms with Crippen LogP contribution in [0, 0.1) is 5.82 Å². The highest BCUT2D eigenvalue weighted by Crippen LogP contribution is 2.37. The Hall–Kier alpha value is -2.89. The largest absolute Gasteiger partial charge is 0.497 e. The number of nitrogens with zero attached hydrogens (tertiary/aromatic N) is 2. The van der Waals surface area contributed by atoms with Gasteiger partial charge in [-0.05, 0) is 42.5 Å². The van der Waals surface area contributed by atoms with Crippen molar-refractivity contribution in [2.45, 2.75) is 0 Å². The number of carbonyl (C=O) groups excluding carboxylic acids is 1. The van der Waals surface area contributed by atoms with Crippen LogP contribution in [0.2, 0.25) is 0 Å². The summed E-state index contributed by atoms with van der Waals surface area (Å²) < 4.78 is 18.1. The van der Waals surface area contributed by atoms with Crippen LogP contribution in [0.5, 0.6) is 5.75 Å². The van der Waals surface area contributed by atoms with Crippen LogP contribution in [0.3, 0.4) is 0 Å². The van der Waals surface area contributed by atoms with Gasteiger partial charge in [-0.15, -0.1) is 0 Å². The minimum Gasteiger partial charge on any atom is -0.497 e. The molecule has 2 aromatic rings. The number of oxime groups is 1. The van der Waals surface area contributed by atoms with Gasteiger partial charge in [-0.25, -0.2) is 4.39 Å². The Labute approximate surface area is 119 Å². The summed E-state index contributed by atoms with van der Waals surface area (Å²) in [5.74, 6) is -0.326. The Bertz CT molecular complexity index is 741. The molecule has 0 aromatic heterocycles. The van der Waals surface area contributed by atoms with Crippen LogP contribution in [0.4, 0.5) is 15.8 Å². The predicted octanol–water partition coefficient (Wildman–Crippen LogP) is 2.69. The second-order valence-electron chi connectivity index (χ2n) is 4.45. The van der Waals surface area contributed by atoms with Crippen molar-refractivity contribution >= 4 is 23.0 Å². The van der Waals surface area contributed by atoms with Gasteiger partial charge in [0.05, 0.1) is 12.8 Å². The maximum absolute atomic E-state index is 13.0. The van der Waals surface area contributed by atoms with Crippen LogP contribution < -0.4 is 9.64 Å². The van der Waals surface area contributed by atoms with E-state index in [1.807, 2.05) is 0 Å². The summed E-state index contributed by atoms with van der Waals surface area (Å²) in [4.78, 5) is 13.7. The molecule has 1 amide bonds. The fourth-order valence-corrected chi connectivity index (χ4v) is 2.30. The molecule has 1 aliphatic rings. The third kappa shape index (κ3) is 2.01. The number of amides is 1. The highest BCUT2D eigenvalue weighted by molar-refractivity contribution is 6.55. The molecule has 1 aliphatic heterocycles. The second-order valence-corrected chi connectivity index (χ2v) is 4.45. The monoisotopic (exact) mass is 286 g/mol. The van der Waals surface area contributed by atoms with Gasteiger partial charge in [-0.2, -0.15) is 0 Å². The number of hydrogen-bond donors (Lipinski definition) is 1. The number of rotatable bonds is 2. The van der Waals surface area contributed by atoms with Crippen molar-refractivity contribution in [1.82, 2.24) is 0 Å². The van der Waals surface area contributed by atoms with Gasteiger partial charge in [-0.3, -0.25) is 9.69 Å². The summed E-state index contributed by atoms with van der Waals surface area (Å²) in [6.07, 6.45) is 0. The normalized spacial score (nSPS) is 15.4. The number of halogens is 1. The van der Waals surface area contributed by atoms with E-state index in [0.29, 0.717) is 22.7 Å². The molecule has 0 fully saturated rings. The minimum absolute atomic E-state index is 0.0757. The summed E-state index contributed by atoms with van der Waals surface area (Å²) in [5, 5.41) is 12.2. The topological polar surface area (TPSA) is 62.1 Å². The molecule has 1 heterocycles. The number of hydrogen-bond acceptors (Lipinski definition) is 4. The van der Waals surface area contributed by atoms with Crippen LogP contribution in [-0.2, 0) is 4.79 Å². The lowest BCUT2D eigenvalue weighted by molar-refractivity contribution is -0.111. The molecular formula is C15H11FN2O3. The Morgan fingerprint density at radius 1 is 1.19 bits per heavy atom. The number of fused-ring (bicyclic) bond motifs is 1. The van der Waals surface area contributed by atoms with E-state index < -0.39 is 11.7 Å². The molecule has 0 saturated carbocycles. The standard InChI is InChI=1S/C15H11FN2O3/c1-21-11-6-7-13-12(8-11)14(17-20)15(19)18(13)10-4-2-9(16)3-5-10/h2-8,20H,1H3. The molecule has 21 heavy (non-hydrogen) atoms. The van der Waals surface area contributed by atoms with Gasteiger partial charge in [0.1, 0.15) is 11.6 Å². The fourth-order valence-electron chi connectivity index (χ4n) is 2.30. The molecule has 1 N–H and O–H groups in total. The van der Waals surface area contributed by atoms with Gasteiger partial charge in [0.25, 0.3) is 5.91 Å². The lowest BCUT2D eigenvalue weighted by Gasteiger charge is -2.16. The first-order valence-electron chi connectivity index (χ1n) is 6.16. The molecule has 3 rings (SSSR count). The van der Waals surface area contributed by atoms with E-state index >= 15 is 0 Å². The van der Waals surface area contributed by atoms with Crippen LogP contribution in [0.15, 0.2) is 47.6 Å². The Balaban J connectivity index is 2.16. The van der Waals surface area contributed by atoms with Gasteiger partial charge >= 0.3 is 0 Å². The average Bonchev–Trinajstić information content (AvgIpc) is 2.78. The van der Waals surface area contributed by atoms with E-state index in [9.17, 15) is 9.18 Å². The number of carbonyl (C=O) groups is 1. The molecule has 5 nitrogen and oxygen atoms in total. The van der Waals surface area contributed by atoms with Gasteiger partial charge in [0.2, 0.25) is 0 Å². The minimum atomic E-state index is -0.479. The van der Waals surface area contributed by atoms with Crippen molar-refractivity contribution in [3.8, 4) is 5.75 Å². The molecule has 106 valence electrons. The first-order valence-corrected chi connectivity index (χ1v) is 6.16. The molecule has 6 heteroatoms. The zero-order chi connectivity index (χ0) is 15.0. The van der Waals surface area contributed by atoms with Crippen LogP contribution in [-0.4, -0.2) is 23.9 Å². The maximum atomic E-state index is 13.0. The van der Waals surface area contributed by atoms with E-state index in [1.165, 1.54) is 36.3 Å². The molecule has 0 bridgehead atoms. The van der Waals surface area contributed by atoms with Gasteiger partial charge in [-0.1, -0.05) is 5.16 Å². The molecule has 0 radical (unpaired) electrons. The number of benzene rings is 2. The van der Waals surface area contributed by atoms with Crippen molar-refractivity contribution in [3.05, 3.63) is 53.8 Å². The van der Waals surface area contributed by atoms with Gasteiger partial charge in [0.15, 0.2) is 5.71 Å². The Kier molecular flexibility index (Phi) is 3.06. The highest BCUT2D eigenvalue weighted by atomic mass is 19.1. The van der Waals surface area contributed by atoms with Crippen LogP contribution >= 0.6 is 0 Å². The summed E-state index contributed by atoms with van der Waals surface area (Å²) in [6, 6.07) is 10.5. The van der Waals surface area contributed by atoms with E-state index in [1.54, 1.807) is 18.2 Å². The second kappa shape index (κ2) is 4.90. The fraction of sp³-hybridized carbons (Fsp3) is 0.0667. The first-order chi connectivity index (χ1) is 10.2. The summed E-state index contributed by atoms with van der Waals surface area (Å²) in [6.45, 7) is 0. The predicted molar refractivity (Wildman–Crippen MR) is 74.9 cm³/mol. The van der Waals surface area contributed by atoms with Gasteiger partial charge < -0.3 is 9.94 Å². The summed E-state index contributed by atoms with van der Waals surface area (Å²) in [7, 11) is 1.51.